The summed E-state index contributed by atoms with van der Waals surface area (Å²) in [5, 5.41) is 12.2. The van der Waals surface area contributed by atoms with Gasteiger partial charge in [-0.05, 0) is 82.5 Å². The van der Waals surface area contributed by atoms with Crippen molar-refractivity contribution in [2.24, 2.45) is 35.3 Å². The molecule has 3 aliphatic carbocycles. The highest BCUT2D eigenvalue weighted by atomic mass is 16.7. The molecule has 0 bridgehead atoms. The van der Waals surface area contributed by atoms with Crippen LogP contribution in [0, 0.1) is 29.6 Å². The van der Waals surface area contributed by atoms with Gasteiger partial charge in [-0.1, -0.05) is 24.5 Å². The second kappa shape index (κ2) is 11.1. The first-order valence-corrected chi connectivity index (χ1v) is 15.0. The highest BCUT2D eigenvalue weighted by Crippen LogP contribution is 2.61. The Kier molecular flexibility index (Phi) is 8.17. The summed E-state index contributed by atoms with van der Waals surface area (Å²) >= 11 is 0. The minimum atomic E-state index is -1.76. The molecule has 2 saturated heterocycles. The number of hydrogen-bond acceptors (Lipinski definition) is 7. The average Bonchev–Trinajstić information content (AvgIpc) is 3.63. The van der Waals surface area contributed by atoms with E-state index in [1.807, 2.05) is 6.08 Å². The van der Waals surface area contributed by atoms with E-state index in [2.05, 4.69) is 12.2 Å². The van der Waals surface area contributed by atoms with Gasteiger partial charge < -0.3 is 19.9 Å². The second-order valence-corrected chi connectivity index (χ2v) is 12.9. The Morgan fingerprint density at radius 2 is 1.82 bits per heavy atom. The smallest absolute Gasteiger partial charge is 0.349 e. The topological polar surface area (TPSA) is 136 Å². The highest BCUT2D eigenvalue weighted by molar-refractivity contribution is 6.23. The van der Waals surface area contributed by atoms with Crippen LogP contribution in [0.4, 0.5) is 0 Å². The first kappa shape index (κ1) is 27.9. The molecule has 4 unspecified atom stereocenters. The predicted octanol–water partition coefficient (Wildman–Crippen LogP) is 2.17. The number of fused-ring (bicyclic) bond motifs is 2. The van der Waals surface area contributed by atoms with E-state index in [0.717, 1.165) is 70.8 Å². The van der Waals surface area contributed by atoms with E-state index in [9.17, 15) is 19.5 Å². The molecule has 7 atom stereocenters. The molecule has 8 nitrogen and oxygen atoms in total. The SMILES string of the molecule is COC(=O)[C@]12O[C@@]1(CC=C(C)C[C@H](CC1CCC(O)CC1)C1CC[NH2+]C(N)C1)C(=O)C1CCCCC1C2=O. The molecule has 2 heterocycles. The molecule has 212 valence electrons. The van der Waals surface area contributed by atoms with Crippen LogP contribution in [-0.2, 0) is 23.9 Å². The minimum absolute atomic E-state index is 0.0812. The van der Waals surface area contributed by atoms with Gasteiger partial charge in [0, 0.05) is 24.7 Å². The number of aliphatic hydroxyl groups excluding tert-OH is 1. The van der Waals surface area contributed by atoms with E-state index < -0.39 is 23.1 Å². The summed E-state index contributed by atoms with van der Waals surface area (Å²) in [6, 6.07) is 0. The number of rotatable bonds is 8. The van der Waals surface area contributed by atoms with Gasteiger partial charge in [-0.25, -0.2) is 4.79 Å². The third-order valence-corrected chi connectivity index (χ3v) is 10.5. The molecule has 5 aliphatic rings. The molecule has 0 aromatic rings. The fourth-order valence-electron chi connectivity index (χ4n) is 8.35. The van der Waals surface area contributed by atoms with Crippen molar-refractivity contribution in [3.05, 3.63) is 11.6 Å². The molecule has 5 fully saturated rings. The quantitative estimate of drug-likeness (QED) is 0.189. The van der Waals surface area contributed by atoms with E-state index in [-0.39, 0.29) is 36.2 Å². The van der Waals surface area contributed by atoms with Gasteiger partial charge in [-0.2, -0.15) is 0 Å². The average molecular weight is 532 g/mol. The van der Waals surface area contributed by atoms with Crippen LogP contribution < -0.4 is 11.1 Å². The summed E-state index contributed by atoms with van der Waals surface area (Å²) in [7, 11) is 1.26. The summed E-state index contributed by atoms with van der Waals surface area (Å²) in [6.45, 7) is 3.15. The summed E-state index contributed by atoms with van der Waals surface area (Å²) in [5.74, 6) is -0.170. The largest absolute Gasteiger partial charge is 0.466 e. The van der Waals surface area contributed by atoms with E-state index in [1.165, 1.54) is 12.7 Å². The van der Waals surface area contributed by atoms with Gasteiger partial charge in [0.05, 0.1) is 19.8 Å². The van der Waals surface area contributed by atoms with Gasteiger partial charge >= 0.3 is 5.97 Å². The number of ether oxygens (including phenoxy) is 2. The Bertz CT molecular complexity index is 958. The van der Waals surface area contributed by atoms with Crippen molar-refractivity contribution in [2.45, 2.75) is 114 Å². The van der Waals surface area contributed by atoms with E-state index >= 15 is 0 Å². The molecule has 0 aromatic carbocycles. The normalized spacial score (nSPS) is 42.2. The Balaban J connectivity index is 1.33. The molecular weight excluding hydrogens is 484 g/mol. The number of aliphatic hydroxyl groups is 1. The number of epoxide rings is 1. The Morgan fingerprint density at radius 3 is 2.47 bits per heavy atom. The molecule has 0 amide bonds. The Hall–Kier alpha value is -1.61. The monoisotopic (exact) mass is 531 g/mol. The number of quaternary nitrogens is 1. The lowest BCUT2D eigenvalue weighted by Crippen LogP contribution is -2.94. The predicted molar refractivity (Wildman–Crippen MR) is 141 cm³/mol. The van der Waals surface area contributed by atoms with Gasteiger partial charge in [0.25, 0.3) is 5.60 Å². The zero-order valence-corrected chi connectivity index (χ0v) is 23.2. The van der Waals surface area contributed by atoms with Crippen molar-refractivity contribution in [1.82, 2.24) is 0 Å². The Morgan fingerprint density at radius 1 is 1.13 bits per heavy atom. The Labute approximate surface area is 226 Å². The molecule has 8 heteroatoms. The minimum Gasteiger partial charge on any atom is -0.466 e. The number of Topliss-reactive ketones (excluding diaryl/α,β-unsaturated/α-hetero) is 2. The van der Waals surface area contributed by atoms with Crippen LogP contribution in [0.25, 0.3) is 0 Å². The first-order chi connectivity index (χ1) is 18.2. The van der Waals surface area contributed by atoms with Crippen LogP contribution in [0.15, 0.2) is 11.6 Å². The van der Waals surface area contributed by atoms with Crippen LogP contribution in [0.1, 0.15) is 90.4 Å². The van der Waals surface area contributed by atoms with Gasteiger partial charge in [0.15, 0.2) is 17.2 Å². The second-order valence-electron chi connectivity index (χ2n) is 12.9. The van der Waals surface area contributed by atoms with Crippen LogP contribution in [0.5, 0.6) is 0 Å². The van der Waals surface area contributed by atoms with Crippen molar-refractivity contribution in [3.8, 4) is 0 Å². The zero-order chi connectivity index (χ0) is 27.1. The van der Waals surface area contributed by atoms with Crippen LogP contribution in [-0.4, -0.2) is 59.8 Å². The molecule has 3 saturated carbocycles. The highest BCUT2D eigenvalue weighted by Gasteiger charge is 2.86. The summed E-state index contributed by atoms with van der Waals surface area (Å²) < 4.78 is 11.0. The number of nitrogens with two attached hydrogens (primary N) is 2. The number of hydrogen-bond donors (Lipinski definition) is 3. The van der Waals surface area contributed by atoms with Gasteiger partial charge in [-0.3, -0.25) is 15.3 Å². The summed E-state index contributed by atoms with van der Waals surface area (Å²) in [6.07, 6.45) is 13.5. The molecule has 2 aliphatic heterocycles. The fraction of sp³-hybridized carbons (Fsp3) is 0.833. The lowest BCUT2D eigenvalue weighted by atomic mass is 9.61. The molecular formula is C30H47N2O6+. The summed E-state index contributed by atoms with van der Waals surface area (Å²) in [4.78, 5) is 40.2. The molecule has 5 N–H and O–H groups in total. The van der Waals surface area contributed by atoms with Gasteiger partial charge in [-0.15, -0.1) is 0 Å². The maximum Gasteiger partial charge on any atom is 0.349 e. The number of carbonyl (C=O) groups excluding carboxylic acids is 3. The van der Waals surface area contributed by atoms with Crippen molar-refractivity contribution in [3.63, 3.8) is 0 Å². The number of piperidine rings is 1. The molecule has 0 radical (unpaired) electrons. The maximum absolute atomic E-state index is 13.7. The zero-order valence-electron chi connectivity index (χ0n) is 23.2. The fourth-order valence-corrected chi connectivity index (χ4v) is 8.35. The van der Waals surface area contributed by atoms with E-state index in [1.54, 1.807) is 0 Å². The standard InChI is InChI=1S/C30H46N2O6/c1-18(15-21(20-12-14-32-25(31)17-20)16-19-7-9-22(33)10-8-19)11-13-29-26(34)23-5-3-4-6-24(23)27(35)30(29,38-29)28(36)37-2/h11,19-25,32-33H,3-10,12-17,31H2,1-2H3/p+1/t19?,20?,21-,22?,23?,24?,25?,29+,30+/m1/s1. The van der Waals surface area contributed by atoms with Crippen molar-refractivity contribution in [1.29, 1.82) is 0 Å². The third-order valence-electron chi connectivity index (χ3n) is 10.5. The van der Waals surface area contributed by atoms with Crippen molar-refractivity contribution >= 4 is 17.5 Å². The number of methoxy groups -OCH3 is 1. The van der Waals surface area contributed by atoms with E-state index in [4.69, 9.17) is 15.2 Å². The third kappa shape index (κ3) is 4.91. The van der Waals surface area contributed by atoms with Crippen LogP contribution in [0.3, 0.4) is 0 Å². The molecule has 0 aromatic heterocycles. The van der Waals surface area contributed by atoms with Gasteiger partial charge in [0.1, 0.15) is 6.17 Å². The van der Waals surface area contributed by atoms with Crippen LogP contribution in [0.2, 0.25) is 0 Å². The van der Waals surface area contributed by atoms with Crippen LogP contribution >= 0.6 is 0 Å². The van der Waals surface area contributed by atoms with Crippen molar-refractivity contribution in [2.75, 3.05) is 13.7 Å². The lowest BCUT2D eigenvalue weighted by molar-refractivity contribution is -0.699. The summed E-state index contributed by atoms with van der Waals surface area (Å²) in [5.41, 5.74) is 4.33. The lowest BCUT2D eigenvalue weighted by Gasteiger charge is -2.37. The van der Waals surface area contributed by atoms with E-state index in [0.29, 0.717) is 30.6 Å². The molecule has 0 spiro atoms. The van der Waals surface area contributed by atoms with Gasteiger partial charge in [0.2, 0.25) is 0 Å². The molecule has 5 rings (SSSR count). The number of esters is 1. The first-order valence-electron chi connectivity index (χ1n) is 15.0. The number of allylic oxidation sites excluding steroid dienone is 1. The maximum atomic E-state index is 13.7. The number of carbonyl (C=O) groups is 3. The van der Waals surface area contributed by atoms with Crippen molar-refractivity contribution < 1.29 is 34.3 Å². The number of ketones is 2. The molecule has 38 heavy (non-hydrogen) atoms.